The summed E-state index contributed by atoms with van der Waals surface area (Å²) in [5.74, 6) is 1.61. The number of aromatic nitrogens is 5. The van der Waals surface area contributed by atoms with E-state index in [0.29, 0.717) is 56.3 Å². The molecule has 2 aliphatic heterocycles. The van der Waals surface area contributed by atoms with Gasteiger partial charge in [0.25, 0.3) is 0 Å². The van der Waals surface area contributed by atoms with Gasteiger partial charge in [0.1, 0.15) is 0 Å². The Morgan fingerprint density at radius 1 is 0.943 bits per heavy atom. The molecule has 2 amide bonds. The molecule has 0 saturated carbocycles. The topological polar surface area (TPSA) is 121 Å². The second-order valence-corrected chi connectivity index (χ2v) is 8.97. The van der Waals surface area contributed by atoms with Crippen LogP contribution in [0.2, 0.25) is 0 Å². The number of fused-ring (bicyclic) bond motifs is 1. The first-order valence-electron chi connectivity index (χ1n) is 12.3. The molecule has 0 bridgehead atoms. The van der Waals surface area contributed by atoms with Crippen LogP contribution in [0.3, 0.4) is 0 Å². The molecule has 3 aromatic heterocycles. The van der Waals surface area contributed by atoms with Crippen molar-refractivity contribution in [2.24, 2.45) is 0 Å². The molecule has 0 spiro atoms. The summed E-state index contributed by atoms with van der Waals surface area (Å²) in [6.45, 7) is 4.88. The van der Waals surface area contributed by atoms with E-state index in [4.69, 9.17) is 4.98 Å². The highest BCUT2D eigenvalue weighted by Gasteiger charge is 2.21. The number of nitrogens with zero attached hydrogens (tertiary/aromatic N) is 7. The lowest BCUT2D eigenvalue weighted by Gasteiger charge is -2.16. The van der Waals surface area contributed by atoms with Gasteiger partial charge >= 0.3 is 0 Å². The van der Waals surface area contributed by atoms with E-state index >= 15 is 0 Å². The normalized spacial score (nSPS) is 16.0. The van der Waals surface area contributed by atoms with Crippen molar-refractivity contribution in [3.05, 3.63) is 36.4 Å². The van der Waals surface area contributed by atoms with Crippen molar-refractivity contribution in [1.29, 1.82) is 0 Å². The Morgan fingerprint density at radius 3 is 2.46 bits per heavy atom. The molecule has 0 unspecified atom stereocenters. The number of amides is 2. The molecule has 0 aromatic carbocycles. The van der Waals surface area contributed by atoms with Crippen LogP contribution in [0.1, 0.15) is 37.7 Å². The van der Waals surface area contributed by atoms with Crippen molar-refractivity contribution in [3.8, 4) is 0 Å². The van der Waals surface area contributed by atoms with Crippen molar-refractivity contribution in [2.45, 2.75) is 45.2 Å². The zero-order chi connectivity index (χ0) is 24.0. The third-order valence-corrected chi connectivity index (χ3v) is 6.49. The molecule has 35 heavy (non-hydrogen) atoms. The highest BCUT2D eigenvalue weighted by atomic mass is 16.2. The Balaban J connectivity index is 1.30. The molecule has 11 heteroatoms. The van der Waals surface area contributed by atoms with E-state index in [1.165, 1.54) is 0 Å². The molecule has 0 aliphatic carbocycles. The minimum absolute atomic E-state index is 0.210. The maximum Gasteiger partial charge on any atom is 0.227 e. The third kappa shape index (κ3) is 5.50. The smallest absolute Gasteiger partial charge is 0.227 e. The van der Waals surface area contributed by atoms with Crippen molar-refractivity contribution in [2.75, 3.05) is 43.4 Å². The average Bonchev–Trinajstić information content (AvgIpc) is 3.60. The summed E-state index contributed by atoms with van der Waals surface area (Å²) in [6, 6.07) is 3.89. The zero-order valence-electron chi connectivity index (χ0n) is 19.8. The van der Waals surface area contributed by atoms with Gasteiger partial charge < -0.3 is 25.0 Å². The Hall–Kier alpha value is -3.76. The van der Waals surface area contributed by atoms with E-state index in [1.54, 1.807) is 12.5 Å². The first-order chi connectivity index (χ1) is 17.2. The number of nitrogens with one attached hydrogen (secondary N) is 2. The molecular weight excluding hydrogens is 446 g/mol. The fraction of sp³-hybridized carbons (Fsp3) is 0.500. The van der Waals surface area contributed by atoms with E-state index < -0.39 is 0 Å². The number of hydrogen-bond donors (Lipinski definition) is 2. The van der Waals surface area contributed by atoms with Crippen LogP contribution >= 0.6 is 0 Å². The van der Waals surface area contributed by atoms with Gasteiger partial charge in [-0.05, 0) is 30.9 Å². The zero-order valence-corrected chi connectivity index (χ0v) is 19.8. The quantitative estimate of drug-likeness (QED) is 0.402. The molecule has 5 heterocycles. The summed E-state index contributed by atoms with van der Waals surface area (Å²) in [4.78, 5) is 45.9. The SMILES string of the molecule is O=C1CCCN1CCCNc1nc(NCc2cccnc2)nc2c1ncn2CCN1CCCC1=O. The molecule has 11 nitrogen and oxygen atoms in total. The number of imidazole rings is 1. The lowest BCUT2D eigenvalue weighted by Crippen LogP contribution is -2.28. The van der Waals surface area contributed by atoms with Crippen molar-refractivity contribution >= 4 is 34.7 Å². The molecule has 5 rings (SSSR count). The van der Waals surface area contributed by atoms with Crippen LogP contribution in [0.4, 0.5) is 11.8 Å². The van der Waals surface area contributed by atoms with Crippen LogP contribution in [-0.2, 0) is 22.7 Å². The summed E-state index contributed by atoms with van der Waals surface area (Å²) < 4.78 is 1.98. The maximum absolute atomic E-state index is 12.0. The summed E-state index contributed by atoms with van der Waals surface area (Å²) in [7, 11) is 0. The fourth-order valence-corrected chi connectivity index (χ4v) is 4.58. The monoisotopic (exact) mass is 477 g/mol. The number of hydrogen-bond acceptors (Lipinski definition) is 8. The fourth-order valence-electron chi connectivity index (χ4n) is 4.58. The highest BCUT2D eigenvalue weighted by molar-refractivity contribution is 5.84. The second-order valence-electron chi connectivity index (χ2n) is 8.97. The van der Waals surface area contributed by atoms with Crippen LogP contribution in [0.25, 0.3) is 11.2 Å². The van der Waals surface area contributed by atoms with Crippen LogP contribution < -0.4 is 10.6 Å². The highest BCUT2D eigenvalue weighted by Crippen LogP contribution is 2.22. The Morgan fingerprint density at radius 2 is 1.74 bits per heavy atom. The predicted molar refractivity (Wildman–Crippen MR) is 132 cm³/mol. The van der Waals surface area contributed by atoms with Crippen LogP contribution in [0.15, 0.2) is 30.9 Å². The largest absolute Gasteiger partial charge is 0.368 e. The molecule has 2 saturated heterocycles. The van der Waals surface area contributed by atoms with Gasteiger partial charge in [0.2, 0.25) is 17.8 Å². The molecular formula is C24H31N9O2. The van der Waals surface area contributed by atoms with Gasteiger partial charge in [-0.2, -0.15) is 9.97 Å². The second kappa shape index (κ2) is 10.7. The maximum atomic E-state index is 12.0. The minimum Gasteiger partial charge on any atom is -0.368 e. The standard InChI is InChI=1S/C24H31N9O2/c34-19-6-2-10-31(19)12-4-9-26-22-21-23(30-24(29-22)27-16-18-5-1-8-25-15-18)33(17-28-21)14-13-32-11-3-7-20(32)35/h1,5,8,15,17H,2-4,6-7,9-14,16H2,(H2,26,27,29,30). The molecule has 2 N–H and O–H groups in total. The number of pyridine rings is 1. The molecule has 0 atom stereocenters. The van der Waals surface area contributed by atoms with Gasteiger partial charge in [-0.15, -0.1) is 0 Å². The van der Waals surface area contributed by atoms with Crippen LogP contribution in [0.5, 0.6) is 0 Å². The molecule has 2 aliphatic rings. The van der Waals surface area contributed by atoms with Gasteiger partial charge in [0, 0.05) is 71.0 Å². The number of rotatable bonds is 11. The van der Waals surface area contributed by atoms with Gasteiger partial charge in [-0.3, -0.25) is 14.6 Å². The predicted octanol–water partition coefficient (Wildman–Crippen LogP) is 1.88. The van der Waals surface area contributed by atoms with Crippen LogP contribution in [-0.4, -0.2) is 78.8 Å². The van der Waals surface area contributed by atoms with Crippen molar-refractivity contribution < 1.29 is 9.59 Å². The molecule has 0 radical (unpaired) electrons. The van der Waals surface area contributed by atoms with E-state index in [1.807, 2.05) is 32.7 Å². The number of carbonyl (C=O) groups excluding carboxylic acids is 2. The first-order valence-corrected chi connectivity index (χ1v) is 12.3. The van der Waals surface area contributed by atoms with Gasteiger partial charge in [0.05, 0.1) is 6.33 Å². The average molecular weight is 478 g/mol. The van der Waals surface area contributed by atoms with E-state index in [2.05, 4.69) is 25.6 Å². The van der Waals surface area contributed by atoms with Crippen molar-refractivity contribution in [1.82, 2.24) is 34.3 Å². The third-order valence-electron chi connectivity index (χ3n) is 6.49. The summed E-state index contributed by atoms with van der Waals surface area (Å²) in [5, 5.41) is 6.70. The van der Waals surface area contributed by atoms with Crippen molar-refractivity contribution in [3.63, 3.8) is 0 Å². The van der Waals surface area contributed by atoms with E-state index in [9.17, 15) is 9.59 Å². The molecule has 184 valence electrons. The lowest BCUT2D eigenvalue weighted by atomic mass is 10.3. The number of anilines is 2. The molecule has 2 fully saturated rings. The Kier molecular flexibility index (Phi) is 7.01. The first kappa shape index (κ1) is 23.0. The van der Waals surface area contributed by atoms with Gasteiger partial charge in [-0.25, -0.2) is 4.98 Å². The number of likely N-dealkylation sites (tertiary alicyclic amines) is 2. The molecule has 3 aromatic rings. The van der Waals surface area contributed by atoms with E-state index in [0.717, 1.165) is 50.1 Å². The van der Waals surface area contributed by atoms with Gasteiger partial charge in [-0.1, -0.05) is 6.07 Å². The Labute approximate surface area is 204 Å². The summed E-state index contributed by atoms with van der Waals surface area (Å²) in [5.41, 5.74) is 2.45. The lowest BCUT2D eigenvalue weighted by molar-refractivity contribution is -0.128. The summed E-state index contributed by atoms with van der Waals surface area (Å²) in [6.07, 6.45) is 9.30. The van der Waals surface area contributed by atoms with Crippen LogP contribution in [0, 0.1) is 0 Å². The Bertz CT molecular complexity index is 1180. The van der Waals surface area contributed by atoms with Gasteiger partial charge in [0.15, 0.2) is 17.0 Å². The number of carbonyl (C=O) groups is 2. The van der Waals surface area contributed by atoms with E-state index in [-0.39, 0.29) is 11.8 Å². The summed E-state index contributed by atoms with van der Waals surface area (Å²) >= 11 is 0. The minimum atomic E-state index is 0.210.